The van der Waals surface area contributed by atoms with Crippen molar-refractivity contribution in [1.82, 2.24) is 5.32 Å². The lowest BCUT2D eigenvalue weighted by atomic mass is 10.2. The normalized spacial score (nSPS) is 12.0. The number of carbonyl (C=O) groups excluding carboxylic acids is 2. The number of nitrogens with one attached hydrogen (secondary N) is 1. The number of benzene rings is 1. The second-order valence-corrected chi connectivity index (χ2v) is 4.31. The molecular weight excluding hydrogens is 288 g/mol. The molecule has 22 heavy (non-hydrogen) atoms. The van der Waals surface area contributed by atoms with Crippen LogP contribution >= 0.6 is 0 Å². The molecule has 1 aromatic rings. The molecule has 1 aromatic carbocycles. The summed E-state index contributed by atoms with van der Waals surface area (Å²) in [5, 5.41) is 10.8. The second-order valence-electron chi connectivity index (χ2n) is 4.31. The third-order valence-corrected chi connectivity index (χ3v) is 2.71. The summed E-state index contributed by atoms with van der Waals surface area (Å²) in [5.74, 6) is 0.203. The Morgan fingerprint density at radius 2 is 2.18 bits per heavy atom. The van der Waals surface area contributed by atoms with Crippen LogP contribution in [0.1, 0.15) is 12.0 Å². The lowest BCUT2D eigenvalue weighted by Gasteiger charge is -2.02. The van der Waals surface area contributed by atoms with E-state index < -0.39 is 11.9 Å². The van der Waals surface area contributed by atoms with Crippen LogP contribution in [0, 0.1) is 11.3 Å². The van der Waals surface area contributed by atoms with Crippen molar-refractivity contribution in [2.24, 2.45) is 0 Å². The van der Waals surface area contributed by atoms with Crippen molar-refractivity contribution in [3.8, 4) is 17.6 Å². The molecule has 7 nitrogen and oxygen atoms in total. The summed E-state index contributed by atoms with van der Waals surface area (Å²) in [6.07, 6.45) is 2.99. The zero-order valence-corrected chi connectivity index (χ0v) is 11.7. The lowest BCUT2D eigenvalue weighted by molar-refractivity contribution is -0.143. The van der Waals surface area contributed by atoms with Gasteiger partial charge in [0.15, 0.2) is 18.1 Å². The van der Waals surface area contributed by atoms with Gasteiger partial charge in [0.1, 0.15) is 0 Å². The average molecular weight is 302 g/mol. The predicted octanol–water partition coefficient (Wildman–Crippen LogP) is 1.00. The molecule has 114 valence electrons. The molecule has 0 saturated heterocycles. The van der Waals surface area contributed by atoms with Crippen molar-refractivity contribution in [2.45, 2.75) is 6.42 Å². The first-order valence-corrected chi connectivity index (χ1v) is 6.57. The molecule has 0 fully saturated rings. The first-order chi connectivity index (χ1) is 10.7. The van der Waals surface area contributed by atoms with E-state index in [4.69, 9.17) is 19.5 Å². The molecule has 0 saturated carbocycles. The van der Waals surface area contributed by atoms with Gasteiger partial charge in [-0.15, -0.1) is 0 Å². The standard InChI is InChI=1S/C15H14N2O5/c16-6-1-7-17-14(18)9-20-15(19)5-3-11-2-4-12-13(8-11)22-10-21-12/h2-5,8H,1,7,9-10H2,(H,17,18)/b5-3+. The van der Waals surface area contributed by atoms with Crippen LogP contribution in [0.15, 0.2) is 24.3 Å². The summed E-state index contributed by atoms with van der Waals surface area (Å²) in [6, 6.07) is 7.14. The van der Waals surface area contributed by atoms with Crippen LogP contribution in [0.5, 0.6) is 11.5 Å². The fourth-order valence-corrected chi connectivity index (χ4v) is 1.67. The maximum Gasteiger partial charge on any atom is 0.331 e. The molecule has 0 spiro atoms. The van der Waals surface area contributed by atoms with Gasteiger partial charge in [-0.2, -0.15) is 5.26 Å². The van der Waals surface area contributed by atoms with E-state index in [9.17, 15) is 9.59 Å². The second kappa shape index (κ2) is 7.69. The summed E-state index contributed by atoms with van der Waals surface area (Å²) in [7, 11) is 0. The van der Waals surface area contributed by atoms with Gasteiger partial charge >= 0.3 is 5.97 Å². The molecule has 0 unspecified atom stereocenters. The van der Waals surface area contributed by atoms with Gasteiger partial charge in [-0.3, -0.25) is 4.79 Å². The van der Waals surface area contributed by atoms with Crippen molar-refractivity contribution in [1.29, 1.82) is 5.26 Å². The van der Waals surface area contributed by atoms with Crippen LogP contribution in [0.25, 0.3) is 6.08 Å². The van der Waals surface area contributed by atoms with Crippen LogP contribution in [0.3, 0.4) is 0 Å². The smallest absolute Gasteiger partial charge is 0.331 e. The molecule has 0 aliphatic carbocycles. The van der Waals surface area contributed by atoms with Crippen LogP contribution < -0.4 is 14.8 Å². The van der Waals surface area contributed by atoms with Gasteiger partial charge in [-0.1, -0.05) is 6.07 Å². The van der Waals surface area contributed by atoms with Gasteiger partial charge in [0.25, 0.3) is 5.91 Å². The Hall–Kier alpha value is -3.01. The highest BCUT2D eigenvalue weighted by molar-refractivity contribution is 5.89. The van der Waals surface area contributed by atoms with Gasteiger partial charge in [-0.05, 0) is 23.8 Å². The molecule has 1 amide bonds. The Balaban J connectivity index is 1.77. The fourth-order valence-electron chi connectivity index (χ4n) is 1.67. The maximum absolute atomic E-state index is 11.5. The maximum atomic E-state index is 11.5. The predicted molar refractivity (Wildman–Crippen MR) is 75.8 cm³/mol. The number of ether oxygens (including phenoxy) is 3. The molecule has 1 N–H and O–H groups in total. The number of esters is 1. The van der Waals surface area contributed by atoms with Crippen molar-refractivity contribution in [3.63, 3.8) is 0 Å². The van der Waals surface area contributed by atoms with Crippen molar-refractivity contribution in [2.75, 3.05) is 19.9 Å². The van der Waals surface area contributed by atoms with Gasteiger partial charge < -0.3 is 19.5 Å². The molecule has 1 aliphatic heterocycles. The van der Waals surface area contributed by atoms with Crippen molar-refractivity contribution >= 4 is 18.0 Å². The van der Waals surface area contributed by atoms with Gasteiger partial charge in [-0.25, -0.2) is 4.79 Å². The molecule has 1 heterocycles. The highest BCUT2D eigenvalue weighted by Gasteiger charge is 2.12. The number of fused-ring (bicyclic) bond motifs is 1. The molecular formula is C15H14N2O5. The van der Waals surface area contributed by atoms with Crippen LogP contribution in [0.2, 0.25) is 0 Å². The van der Waals surface area contributed by atoms with E-state index in [1.54, 1.807) is 24.3 Å². The molecule has 0 bridgehead atoms. The summed E-state index contributed by atoms with van der Waals surface area (Å²) < 4.78 is 15.2. The molecule has 1 aliphatic rings. The number of nitriles is 1. The third kappa shape index (κ3) is 4.52. The minimum Gasteiger partial charge on any atom is -0.454 e. The van der Waals surface area contributed by atoms with E-state index in [0.717, 1.165) is 5.56 Å². The van der Waals surface area contributed by atoms with Crippen molar-refractivity contribution < 1.29 is 23.8 Å². The van der Waals surface area contributed by atoms with Gasteiger partial charge in [0.05, 0.1) is 12.5 Å². The number of hydrogen-bond acceptors (Lipinski definition) is 6. The number of rotatable bonds is 6. The topological polar surface area (TPSA) is 97.7 Å². The van der Waals surface area contributed by atoms with Crippen LogP contribution in [0.4, 0.5) is 0 Å². The highest BCUT2D eigenvalue weighted by Crippen LogP contribution is 2.32. The van der Waals surface area contributed by atoms with E-state index in [0.29, 0.717) is 11.5 Å². The van der Waals surface area contributed by atoms with Crippen LogP contribution in [-0.4, -0.2) is 31.8 Å². The fraction of sp³-hybridized carbons (Fsp3) is 0.267. The molecule has 2 rings (SSSR count). The number of carbonyl (C=O) groups is 2. The Bertz CT molecular complexity index is 633. The largest absolute Gasteiger partial charge is 0.454 e. The average Bonchev–Trinajstić information content (AvgIpc) is 2.98. The number of nitrogens with zero attached hydrogens (tertiary/aromatic N) is 1. The number of hydrogen-bond donors (Lipinski definition) is 1. The summed E-state index contributed by atoms with van der Waals surface area (Å²) in [6.45, 7) is 0.0428. The minimum atomic E-state index is -0.631. The van der Waals surface area contributed by atoms with E-state index >= 15 is 0 Å². The number of amides is 1. The minimum absolute atomic E-state index is 0.186. The van der Waals surface area contributed by atoms with Gasteiger partial charge in [0.2, 0.25) is 6.79 Å². The summed E-state index contributed by atoms with van der Waals surface area (Å²) in [5.41, 5.74) is 0.750. The Labute approximate surface area is 127 Å². The van der Waals surface area contributed by atoms with Gasteiger partial charge in [0, 0.05) is 12.6 Å². The summed E-state index contributed by atoms with van der Waals surface area (Å²) >= 11 is 0. The Morgan fingerprint density at radius 1 is 1.36 bits per heavy atom. The zero-order valence-electron chi connectivity index (χ0n) is 11.7. The third-order valence-electron chi connectivity index (χ3n) is 2.71. The monoisotopic (exact) mass is 302 g/mol. The Kier molecular flexibility index (Phi) is 5.37. The molecule has 0 atom stereocenters. The van der Waals surface area contributed by atoms with E-state index in [1.165, 1.54) is 6.08 Å². The zero-order chi connectivity index (χ0) is 15.8. The molecule has 0 radical (unpaired) electrons. The SMILES string of the molecule is N#CCCNC(=O)COC(=O)/C=C/c1ccc2c(c1)OCO2. The first kappa shape index (κ1) is 15.4. The van der Waals surface area contributed by atoms with E-state index in [1.807, 2.05) is 6.07 Å². The Morgan fingerprint density at radius 3 is 3.00 bits per heavy atom. The molecule has 0 aromatic heterocycles. The van der Waals surface area contributed by atoms with Crippen LogP contribution in [-0.2, 0) is 14.3 Å². The first-order valence-electron chi connectivity index (χ1n) is 6.57. The quantitative estimate of drug-likeness (QED) is 0.478. The molecule has 7 heteroatoms. The lowest BCUT2D eigenvalue weighted by Crippen LogP contribution is -2.29. The van der Waals surface area contributed by atoms with Crippen molar-refractivity contribution in [3.05, 3.63) is 29.8 Å². The van der Waals surface area contributed by atoms with E-state index in [-0.39, 0.29) is 26.4 Å². The summed E-state index contributed by atoms with van der Waals surface area (Å²) in [4.78, 5) is 22.8. The highest BCUT2D eigenvalue weighted by atomic mass is 16.7. The van der Waals surface area contributed by atoms with E-state index in [2.05, 4.69) is 5.32 Å².